The first kappa shape index (κ1) is 39.0. The summed E-state index contributed by atoms with van der Waals surface area (Å²) in [6, 6.07) is 16.7. The summed E-state index contributed by atoms with van der Waals surface area (Å²) in [4.78, 5) is 35.1. The minimum atomic E-state index is -4.41. The van der Waals surface area contributed by atoms with Gasteiger partial charge in [0.1, 0.15) is 12.5 Å². The van der Waals surface area contributed by atoms with E-state index in [0.29, 0.717) is 36.0 Å². The van der Waals surface area contributed by atoms with Crippen LogP contribution in [-0.2, 0) is 11.0 Å². The molecule has 5 rings (SSSR count). The Bertz CT molecular complexity index is 1820. The van der Waals surface area contributed by atoms with E-state index in [2.05, 4.69) is 50.5 Å². The second kappa shape index (κ2) is 18.5. The van der Waals surface area contributed by atoms with E-state index in [4.69, 9.17) is 15.5 Å². The maximum Gasteiger partial charge on any atom is 0.416 e. The van der Waals surface area contributed by atoms with E-state index in [9.17, 15) is 18.0 Å². The lowest BCUT2D eigenvalue weighted by Crippen LogP contribution is -2.48. The Morgan fingerprint density at radius 3 is 2.47 bits per heavy atom. The van der Waals surface area contributed by atoms with E-state index in [1.54, 1.807) is 31.5 Å². The summed E-state index contributed by atoms with van der Waals surface area (Å²) in [7, 11) is 0. The van der Waals surface area contributed by atoms with Crippen molar-refractivity contribution in [1.82, 2.24) is 14.9 Å². The lowest BCUT2D eigenvalue weighted by molar-refractivity contribution is -0.176. The summed E-state index contributed by atoms with van der Waals surface area (Å²) < 4.78 is 42.7. The second-order valence-corrected chi connectivity index (χ2v) is 13.4. The molecule has 0 spiro atoms. The topological polar surface area (TPSA) is 139 Å². The number of aromatic nitrogens is 2. The summed E-state index contributed by atoms with van der Waals surface area (Å²) in [5.41, 5.74) is 3.04. The van der Waals surface area contributed by atoms with Crippen LogP contribution in [0.3, 0.4) is 0 Å². The zero-order chi connectivity index (χ0) is 37.0. The van der Waals surface area contributed by atoms with Gasteiger partial charge in [-0.3, -0.25) is 25.3 Å². The summed E-state index contributed by atoms with van der Waals surface area (Å²) in [6.45, 7) is 12.7. The first-order chi connectivity index (χ1) is 24.5. The molecule has 2 aromatic carbocycles. The number of hydrogen-bond acceptors (Lipinski definition) is 12. The van der Waals surface area contributed by atoms with Gasteiger partial charge in [0.25, 0.3) is 0 Å². The molecule has 3 heterocycles. The number of nitrogens with zero attached hydrogens (tertiary/aromatic N) is 6. The fraction of sp³-hybridized carbons (Fsp3) is 0.286. The first-order valence-corrected chi connectivity index (χ1v) is 17.4. The third kappa shape index (κ3) is 10.9. The number of thiazole rings is 1. The molecule has 1 aliphatic heterocycles. The quantitative estimate of drug-likeness (QED) is 0.0489. The Kier molecular flexibility index (Phi) is 14.1. The summed E-state index contributed by atoms with van der Waals surface area (Å²) in [5, 5.41) is 16.2. The van der Waals surface area contributed by atoms with Gasteiger partial charge in [0.15, 0.2) is 0 Å². The number of hydrogen-bond donors (Lipinski definition) is 4. The number of allylic oxidation sites excluding steroid dienone is 1. The number of benzene rings is 2. The number of aliphatic imine (C=N–C) groups is 2. The SMILES string of the molecule is C=N/C(=C\C=N/CNc1ccc(N2CCN(C(C)=O)CC2)nc1)c1sc(C(C)C)nc1-c1cccc(NSc2cccc(C(F)(F)F)c2)c1.OO. The Labute approximate surface area is 302 Å². The van der Waals surface area contributed by atoms with Gasteiger partial charge < -0.3 is 19.8 Å². The molecule has 11 nitrogen and oxygen atoms in total. The highest BCUT2D eigenvalue weighted by molar-refractivity contribution is 8.00. The third-order valence-electron chi connectivity index (χ3n) is 7.63. The van der Waals surface area contributed by atoms with Crippen LogP contribution in [0.2, 0.25) is 0 Å². The lowest BCUT2D eigenvalue weighted by atomic mass is 10.1. The predicted molar refractivity (Wildman–Crippen MR) is 201 cm³/mol. The molecule has 0 radical (unpaired) electrons. The largest absolute Gasteiger partial charge is 0.416 e. The molecular weight excluding hydrogens is 702 g/mol. The molecule has 4 aromatic rings. The summed E-state index contributed by atoms with van der Waals surface area (Å²) in [5.74, 6) is 1.16. The van der Waals surface area contributed by atoms with Crippen LogP contribution in [0.15, 0.2) is 87.8 Å². The first-order valence-electron chi connectivity index (χ1n) is 15.8. The standard InChI is InChI=1S/C35H37F3N8OS2.H2O2/c1-23(2)34-43-32(25-7-5-9-27(19-25)44-49-29-10-6-8-26(20-29)35(36,37)38)33(48-34)30(39-4)13-14-40-22-42-28-11-12-31(41-21-28)46-17-15-45(16-18-46)24(3)47;1-2/h5-14,19-21,23,42,44H,4,15-18,22H2,1-3H3;1-2H/b30-13-,40-14-;. The average Bonchev–Trinajstić information content (AvgIpc) is 3.59. The van der Waals surface area contributed by atoms with Crippen LogP contribution in [0.25, 0.3) is 17.0 Å². The molecule has 1 saturated heterocycles. The molecule has 0 unspecified atom stereocenters. The van der Waals surface area contributed by atoms with Gasteiger partial charge in [0.05, 0.1) is 38.7 Å². The van der Waals surface area contributed by atoms with Crippen molar-refractivity contribution in [3.8, 4) is 11.3 Å². The summed E-state index contributed by atoms with van der Waals surface area (Å²) in [6.07, 6.45) is 0.836. The monoisotopic (exact) mass is 740 g/mol. The number of piperazine rings is 1. The molecule has 270 valence electrons. The van der Waals surface area contributed by atoms with E-state index in [-0.39, 0.29) is 11.8 Å². The van der Waals surface area contributed by atoms with Gasteiger partial charge in [-0.2, -0.15) is 13.2 Å². The summed E-state index contributed by atoms with van der Waals surface area (Å²) >= 11 is 2.64. The Hall–Kier alpha value is -4.77. The third-order valence-corrected chi connectivity index (χ3v) is 9.84. The van der Waals surface area contributed by atoms with Crippen LogP contribution in [0.4, 0.5) is 30.4 Å². The maximum absolute atomic E-state index is 13.2. The molecular formula is C35H39F3N8O3S2. The van der Waals surface area contributed by atoms with Crippen LogP contribution < -0.4 is 14.9 Å². The van der Waals surface area contributed by atoms with Gasteiger partial charge in [-0.15, -0.1) is 11.3 Å². The van der Waals surface area contributed by atoms with E-state index in [0.717, 1.165) is 69.8 Å². The number of rotatable bonds is 12. The van der Waals surface area contributed by atoms with Crippen molar-refractivity contribution in [2.24, 2.45) is 9.98 Å². The van der Waals surface area contributed by atoms with Gasteiger partial charge in [0, 0.05) is 61.4 Å². The molecule has 0 saturated carbocycles. The van der Waals surface area contributed by atoms with Crippen LogP contribution in [0.1, 0.15) is 42.1 Å². The fourth-order valence-corrected chi connectivity index (χ4v) is 6.75. The van der Waals surface area contributed by atoms with Crippen molar-refractivity contribution in [3.63, 3.8) is 0 Å². The van der Waals surface area contributed by atoms with Crippen molar-refractivity contribution in [2.75, 3.05) is 47.8 Å². The van der Waals surface area contributed by atoms with Crippen molar-refractivity contribution >= 4 is 65.0 Å². The van der Waals surface area contributed by atoms with E-state index in [1.807, 2.05) is 41.3 Å². The average molecular weight is 741 g/mol. The Morgan fingerprint density at radius 1 is 1.08 bits per heavy atom. The fourth-order valence-electron chi connectivity index (χ4n) is 4.98. The Morgan fingerprint density at radius 2 is 1.82 bits per heavy atom. The zero-order valence-electron chi connectivity index (χ0n) is 28.3. The molecule has 16 heteroatoms. The normalized spacial score (nSPS) is 13.6. The van der Waals surface area contributed by atoms with Gasteiger partial charge in [-0.25, -0.2) is 9.97 Å². The van der Waals surface area contributed by atoms with Crippen LogP contribution in [0.5, 0.6) is 0 Å². The maximum atomic E-state index is 13.2. The number of carbonyl (C=O) groups is 1. The molecule has 51 heavy (non-hydrogen) atoms. The van der Waals surface area contributed by atoms with Crippen molar-refractivity contribution < 1.29 is 28.5 Å². The number of pyridine rings is 1. The predicted octanol–water partition coefficient (Wildman–Crippen LogP) is 8.33. The number of nitrogens with one attached hydrogen (secondary N) is 2. The smallest absolute Gasteiger partial charge is 0.365 e. The van der Waals surface area contributed by atoms with Gasteiger partial charge in [-0.05, 0) is 67.2 Å². The number of amides is 1. The number of alkyl halides is 3. The lowest BCUT2D eigenvalue weighted by Gasteiger charge is -2.34. The van der Waals surface area contributed by atoms with Gasteiger partial charge in [0.2, 0.25) is 5.91 Å². The number of carbonyl (C=O) groups excluding carboxylic acids is 1. The zero-order valence-corrected chi connectivity index (χ0v) is 29.9. The van der Waals surface area contributed by atoms with E-state index >= 15 is 0 Å². The Balaban J connectivity index is 0.00000286. The van der Waals surface area contributed by atoms with Gasteiger partial charge in [-0.1, -0.05) is 32.0 Å². The van der Waals surface area contributed by atoms with E-state index < -0.39 is 11.7 Å². The van der Waals surface area contributed by atoms with E-state index in [1.165, 1.54) is 17.4 Å². The molecule has 0 atom stereocenters. The van der Waals surface area contributed by atoms with Crippen LogP contribution in [0, 0.1) is 0 Å². The van der Waals surface area contributed by atoms with Crippen molar-refractivity contribution in [1.29, 1.82) is 0 Å². The second-order valence-electron chi connectivity index (χ2n) is 11.5. The number of halogens is 3. The molecule has 1 aliphatic rings. The minimum absolute atomic E-state index is 0.0983. The highest BCUT2D eigenvalue weighted by Crippen LogP contribution is 2.38. The van der Waals surface area contributed by atoms with Crippen LogP contribution in [-0.4, -0.2) is 77.1 Å². The highest BCUT2D eigenvalue weighted by atomic mass is 32.2. The molecule has 1 fully saturated rings. The van der Waals surface area contributed by atoms with Gasteiger partial charge >= 0.3 is 6.18 Å². The molecule has 2 aromatic heterocycles. The molecule has 0 aliphatic carbocycles. The number of anilines is 3. The van der Waals surface area contributed by atoms with Crippen LogP contribution >= 0.6 is 23.3 Å². The van der Waals surface area contributed by atoms with Crippen molar-refractivity contribution in [2.45, 2.75) is 37.8 Å². The molecule has 0 bridgehead atoms. The van der Waals surface area contributed by atoms with Crippen molar-refractivity contribution in [3.05, 3.63) is 88.4 Å². The highest BCUT2D eigenvalue weighted by Gasteiger charge is 2.30. The molecule has 4 N–H and O–H groups in total. The minimum Gasteiger partial charge on any atom is -0.365 e. The molecule has 1 amide bonds.